The highest BCUT2D eigenvalue weighted by atomic mass is 16.6. The minimum Gasteiger partial charge on any atom is -0.458 e. The van der Waals surface area contributed by atoms with Gasteiger partial charge in [0.05, 0.1) is 5.92 Å². The molecule has 1 aliphatic heterocycles. The van der Waals surface area contributed by atoms with Crippen molar-refractivity contribution in [3.63, 3.8) is 0 Å². The molecule has 0 bridgehead atoms. The Balaban J connectivity index is 2.38. The van der Waals surface area contributed by atoms with E-state index in [1.54, 1.807) is 19.9 Å². The second-order valence-corrected chi connectivity index (χ2v) is 6.64. The molecule has 2 rings (SSSR count). The van der Waals surface area contributed by atoms with Crippen molar-refractivity contribution in [3.05, 3.63) is 47.1 Å². The summed E-state index contributed by atoms with van der Waals surface area (Å²) in [7, 11) is 0. The zero-order valence-corrected chi connectivity index (χ0v) is 14.9. The number of carbonyl (C=O) groups excluding carboxylic acids is 2. The van der Waals surface area contributed by atoms with Gasteiger partial charge < -0.3 is 9.47 Å². The van der Waals surface area contributed by atoms with E-state index in [0.717, 1.165) is 24.0 Å². The van der Waals surface area contributed by atoms with E-state index in [4.69, 9.17) is 9.47 Å². The lowest BCUT2D eigenvalue weighted by molar-refractivity contribution is -0.147. The smallest absolute Gasteiger partial charge is 0.334 e. The third-order valence-corrected chi connectivity index (χ3v) is 4.68. The van der Waals surface area contributed by atoms with Crippen LogP contribution in [0.4, 0.5) is 0 Å². The molecule has 4 heteroatoms. The molecule has 0 N–H and O–H groups in total. The van der Waals surface area contributed by atoms with E-state index >= 15 is 0 Å². The SMILES string of the molecule is C=C1C(=O)O[C@@H]2/C=C(\C)CC/C=C(\C)C[C@@H](OC(=O)/C(C)=C\C)[C@@H]12. The van der Waals surface area contributed by atoms with Crippen LogP contribution < -0.4 is 0 Å². The normalized spacial score (nSPS) is 32.8. The molecule has 2 aliphatic rings. The van der Waals surface area contributed by atoms with E-state index < -0.39 is 18.2 Å². The molecule has 1 aliphatic carbocycles. The largest absolute Gasteiger partial charge is 0.458 e. The third kappa shape index (κ3) is 4.05. The van der Waals surface area contributed by atoms with Gasteiger partial charge in [0.15, 0.2) is 0 Å². The van der Waals surface area contributed by atoms with Gasteiger partial charge in [0.1, 0.15) is 12.2 Å². The monoisotopic (exact) mass is 330 g/mol. The average Bonchev–Trinajstić information content (AvgIpc) is 2.79. The summed E-state index contributed by atoms with van der Waals surface area (Å²) < 4.78 is 11.2. The highest BCUT2D eigenvalue weighted by molar-refractivity contribution is 5.92. The first-order chi connectivity index (χ1) is 11.3. The molecule has 1 heterocycles. The molecule has 1 saturated heterocycles. The molecular weight excluding hydrogens is 304 g/mol. The second kappa shape index (κ2) is 7.65. The molecule has 0 spiro atoms. The van der Waals surface area contributed by atoms with Crippen molar-refractivity contribution in [2.24, 2.45) is 5.92 Å². The minimum atomic E-state index is -0.463. The van der Waals surface area contributed by atoms with E-state index in [1.165, 1.54) is 0 Å². The maximum Gasteiger partial charge on any atom is 0.334 e. The summed E-state index contributed by atoms with van der Waals surface area (Å²) in [4.78, 5) is 24.3. The Morgan fingerprint density at radius 3 is 2.75 bits per heavy atom. The summed E-state index contributed by atoms with van der Waals surface area (Å²) in [5, 5.41) is 0. The van der Waals surface area contributed by atoms with E-state index in [9.17, 15) is 9.59 Å². The van der Waals surface area contributed by atoms with E-state index in [0.29, 0.717) is 17.6 Å². The fraction of sp³-hybridized carbons (Fsp3) is 0.500. The Bertz CT molecular complexity index is 636. The van der Waals surface area contributed by atoms with Crippen LogP contribution in [0.25, 0.3) is 0 Å². The highest BCUT2D eigenvalue weighted by Gasteiger charge is 2.44. The van der Waals surface area contributed by atoms with Gasteiger partial charge in [-0.1, -0.05) is 29.9 Å². The number of esters is 2. The molecule has 0 radical (unpaired) electrons. The minimum absolute atomic E-state index is 0.345. The Morgan fingerprint density at radius 1 is 1.38 bits per heavy atom. The average molecular weight is 330 g/mol. The standard InChI is InChI=1S/C20H26O4/c1-6-14(4)19(21)23-16-10-12(2)8-7-9-13(3)11-17-18(16)15(5)20(22)24-17/h6,8,11,16-18H,5,7,9-10H2,1-4H3/b12-8+,13-11+,14-6-/t16-,17-,18-/m1/s1. The van der Waals surface area contributed by atoms with Crippen molar-refractivity contribution in [2.75, 3.05) is 0 Å². The maximum atomic E-state index is 12.3. The predicted octanol–water partition coefficient (Wildman–Crippen LogP) is 4.04. The summed E-state index contributed by atoms with van der Waals surface area (Å²) in [6.45, 7) is 11.5. The lowest BCUT2D eigenvalue weighted by Crippen LogP contribution is -2.33. The molecule has 0 aromatic rings. The van der Waals surface area contributed by atoms with Crippen LogP contribution in [-0.2, 0) is 19.1 Å². The third-order valence-electron chi connectivity index (χ3n) is 4.68. The molecule has 0 aromatic heterocycles. The second-order valence-electron chi connectivity index (χ2n) is 6.64. The van der Waals surface area contributed by atoms with Crippen molar-refractivity contribution >= 4 is 11.9 Å². The number of allylic oxidation sites excluding steroid dienone is 3. The van der Waals surface area contributed by atoms with Crippen molar-refractivity contribution in [2.45, 2.75) is 59.2 Å². The molecule has 0 amide bonds. The molecule has 0 aromatic carbocycles. The van der Waals surface area contributed by atoms with Crippen LogP contribution in [0.2, 0.25) is 0 Å². The number of hydrogen-bond donors (Lipinski definition) is 0. The van der Waals surface area contributed by atoms with Crippen molar-refractivity contribution < 1.29 is 19.1 Å². The van der Waals surface area contributed by atoms with E-state index in [2.05, 4.69) is 12.7 Å². The first-order valence-corrected chi connectivity index (χ1v) is 8.40. The zero-order valence-electron chi connectivity index (χ0n) is 14.9. The summed E-state index contributed by atoms with van der Waals surface area (Å²) in [6.07, 6.45) is 7.40. The summed E-state index contributed by atoms with van der Waals surface area (Å²) in [5.41, 5.74) is 3.24. The lowest BCUT2D eigenvalue weighted by atomic mass is 9.85. The van der Waals surface area contributed by atoms with Gasteiger partial charge in [-0.3, -0.25) is 0 Å². The van der Waals surface area contributed by atoms with Crippen molar-refractivity contribution in [3.8, 4) is 0 Å². The van der Waals surface area contributed by atoms with Gasteiger partial charge in [-0.15, -0.1) is 0 Å². The van der Waals surface area contributed by atoms with Crippen LogP contribution in [0.1, 0.15) is 47.0 Å². The zero-order chi connectivity index (χ0) is 17.9. The quantitative estimate of drug-likeness (QED) is 0.436. The van der Waals surface area contributed by atoms with Gasteiger partial charge in [-0.2, -0.15) is 0 Å². The van der Waals surface area contributed by atoms with E-state index in [-0.39, 0.29) is 11.9 Å². The van der Waals surface area contributed by atoms with Crippen LogP contribution in [0.3, 0.4) is 0 Å². The van der Waals surface area contributed by atoms with Gasteiger partial charge in [0, 0.05) is 17.6 Å². The van der Waals surface area contributed by atoms with Crippen molar-refractivity contribution in [1.29, 1.82) is 0 Å². The molecule has 1 fully saturated rings. The number of hydrogen-bond acceptors (Lipinski definition) is 4. The summed E-state index contributed by atoms with van der Waals surface area (Å²) in [5.74, 6) is -1.11. The van der Waals surface area contributed by atoms with Crippen LogP contribution in [0, 0.1) is 5.92 Å². The van der Waals surface area contributed by atoms with E-state index in [1.807, 2.05) is 19.9 Å². The highest BCUT2D eigenvalue weighted by Crippen LogP contribution is 2.36. The molecule has 130 valence electrons. The molecular formula is C20H26O4. The Hall–Kier alpha value is -2.10. The number of ether oxygens (including phenoxy) is 2. The number of fused-ring (bicyclic) bond motifs is 1. The molecule has 0 saturated carbocycles. The fourth-order valence-corrected chi connectivity index (χ4v) is 3.08. The summed E-state index contributed by atoms with van der Waals surface area (Å²) >= 11 is 0. The van der Waals surface area contributed by atoms with Crippen LogP contribution in [0.5, 0.6) is 0 Å². The van der Waals surface area contributed by atoms with Gasteiger partial charge >= 0.3 is 11.9 Å². The molecule has 0 unspecified atom stereocenters. The Morgan fingerprint density at radius 2 is 2.08 bits per heavy atom. The number of rotatable bonds is 2. The number of carbonyl (C=O) groups is 2. The lowest BCUT2D eigenvalue weighted by Gasteiger charge is -2.27. The maximum absolute atomic E-state index is 12.3. The van der Waals surface area contributed by atoms with Crippen molar-refractivity contribution in [1.82, 2.24) is 0 Å². The molecule has 24 heavy (non-hydrogen) atoms. The van der Waals surface area contributed by atoms with Gasteiger partial charge in [-0.25, -0.2) is 9.59 Å². The van der Waals surface area contributed by atoms with Gasteiger partial charge in [0.25, 0.3) is 0 Å². The van der Waals surface area contributed by atoms with Gasteiger partial charge in [0.2, 0.25) is 0 Å². The predicted molar refractivity (Wildman–Crippen MR) is 93.2 cm³/mol. The van der Waals surface area contributed by atoms with Crippen LogP contribution >= 0.6 is 0 Å². The van der Waals surface area contributed by atoms with Crippen LogP contribution in [-0.4, -0.2) is 24.1 Å². The first-order valence-electron chi connectivity index (χ1n) is 8.40. The molecule has 4 nitrogen and oxygen atoms in total. The van der Waals surface area contributed by atoms with Gasteiger partial charge in [-0.05, 0) is 46.6 Å². The molecule has 3 atom stereocenters. The first kappa shape index (κ1) is 18.2. The fourth-order valence-electron chi connectivity index (χ4n) is 3.08. The Labute approximate surface area is 143 Å². The topological polar surface area (TPSA) is 52.6 Å². The van der Waals surface area contributed by atoms with Crippen LogP contribution in [0.15, 0.2) is 47.1 Å². The summed E-state index contributed by atoms with van der Waals surface area (Å²) in [6, 6.07) is 0. The Kier molecular flexibility index (Phi) is 5.81.